The van der Waals surface area contributed by atoms with Gasteiger partial charge in [0.1, 0.15) is 46.6 Å². The number of nitrogens with one attached hydrogen (secondary N) is 2. The molecule has 3 heterocycles. The van der Waals surface area contributed by atoms with Crippen LogP contribution >= 0.6 is 11.6 Å². The van der Waals surface area contributed by atoms with Crippen molar-refractivity contribution in [1.82, 2.24) is 29.9 Å². The third-order valence-electron chi connectivity index (χ3n) is 11.8. The molecule has 3 atom stereocenters. The summed E-state index contributed by atoms with van der Waals surface area (Å²) in [5.41, 5.74) is -3.00. The van der Waals surface area contributed by atoms with Gasteiger partial charge in [0.05, 0.1) is 50.5 Å². The molecule has 67 heavy (non-hydrogen) atoms. The maximum atomic E-state index is 16.0. The number of anilines is 1. The molecule has 5 aromatic rings. The molecule has 0 spiro atoms. The lowest BCUT2D eigenvalue weighted by Crippen LogP contribution is -2.35. The van der Waals surface area contributed by atoms with Crippen molar-refractivity contribution >= 4 is 54.1 Å². The van der Waals surface area contributed by atoms with Gasteiger partial charge in [0.25, 0.3) is 18.8 Å². The quantitative estimate of drug-likeness (QED) is 0.0785. The summed E-state index contributed by atoms with van der Waals surface area (Å²) in [4.78, 5) is 18.9. The third-order valence-corrected chi connectivity index (χ3v) is 16.2. The van der Waals surface area contributed by atoms with E-state index in [4.69, 9.17) is 16.6 Å². The topological polar surface area (TPSA) is 158 Å². The zero-order chi connectivity index (χ0) is 48.5. The van der Waals surface area contributed by atoms with Crippen LogP contribution in [-0.4, -0.2) is 69.5 Å². The van der Waals surface area contributed by atoms with Crippen LogP contribution in [0, 0.1) is 41.2 Å². The Labute approximate surface area is 383 Å². The molecule has 3 aliphatic carbocycles. The fourth-order valence-electron chi connectivity index (χ4n) is 8.44. The van der Waals surface area contributed by atoms with Gasteiger partial charge in [0.2, 0.25) is 15.9 Å². The van der Waals surface area contributed by atoms with Crippen LogP contribution in [0.3, 0.4) is 0 Å². The summed E-state index contributed by atoms with van der Waals surface area (Å²) >= 11 is 6.61. The van der Waals surface area contributed by atoms with Crippen molar-refractivity contribution in [2.45, 2.75) is 100 Å². The van der Waals surface area contributed by atoms with E-state index in [-0.39, 0.29) is 50.4 Å². The molecule has 0 unspecified atom stereocenters. The summed E-state index contributed by atoms with van der Waals surface area (Å²) in [7, 11) is -7.85. The van der Waals surface area contributed by atoms with Gasteiger partial charge in [-0.3, -0.25) is 18.9 Å². The monoisotopic (exact) mass is 995 g/mol. The van der Waals surface area contributed by atoms with E-state index in [1.54, 1.807) is 0 Å². The van der Waals surface area contributed by atoms with Gasteiger partial charge in [-0.25, -0.2) is 48.2 Å². The van der Waals surface area contributed by atoms with Crippen LogP contribution in [0.25, 0.3) is 22.0 Å². The zero-order valence-electron chi connectivity index (χ0n) is 35.5. The van der Waals surface area contributed by atoms with Crippen LogP contribution in [0.5, 0.6) is 0 Å². The minimum Gasteiger partial charge on any atom is -0.346 e. The molecular formula is C44H38ClF8N7O5S2. The number of nitrogens with zero attached hydrogens (tertiary/aromatic N) is 5. The fourth-order valence-corrected chi connectivity index (χ4v) is 11.0. The normalized spacial score (nSPS) is 18.1. The first-order chi connectivity index (χ1) is 31.4. The summed E-state index contributed by atoms with van der Waals surface area (Å²) < 4.78 is 173. The Bertz CT molecular complexity index is 3190. The van der Waals surface area contributed by atoms with Crippen molar-refractivity contribution in [2.24, 2.45) is 5.92 Å². The Morgan fingerprint density at radius 3 is 2.31 bits per heavy atom. The molecule has 0 saturated heterocycles. The highest BCUT2D eigenvalue weighted by atomic mass is 35.5. The first-order valence-electron chi connectivity index (χ1n) is 20.7. The number of carbonyl (C=O) groups excluding carboxylic acids is 1. The van der Waals surface area contributed by atoms with Crippen molar-refractivity contribution in [2.75, 3.05) is 10.5 Å². The molecule has 1 saturated carbocycles. The number of fused-ring (bicyclic) bond motifs is 4. The molecule has 3 aromatic heterocycles. The summed E-state index contributed by atoms with van der Waals surface area (Å²) in [6, 6.07) is 6.22. The maximum Gasteiger partial charge on any atom is 0.294 e. The number of sulfonamides is 1. The van der Waals surface area contributed by atoms with E-state index < -0.39 is 132 Å². The Balaban J connectivity index is 1.32. The number of sulfone groups is 1. The molecule has 354 valence electrons. The highest BCUT2D eigenvalue weighted by Crippen LogP contribution is 2.57. The Morgan fingerprint density at radius 2 is 1.67 bits per heavy atom. The molecule has 2 N–H and O–H groups in total. The van der Waals surface area contributed by atoms with E-state index in [2.05, 4.69) is 43.9 Å². The SMILES string of the molecule is CCS(=O)(=O)Nc1nn(CC(F)F)c2c(-c3ccc(C#CC(C)(C)S(=O)(=O)C4CC4)nc3[C@H](Cc3cc(F)cc(F)c3)NC(=O)Cn3nc(C(F)F)c4c3C(F)(F)[C@@H]3CC#C[C@H]43)ccc(Cl)c12. The van der Waals surface area contributed by atoms with Crippen LogP contribution < -0.4 is 10.0 Å². The molecule has 0 bridgehead atoms. The van der Waals surface area contributed by atoms with Crippen molar-refractivity contribution in [1.29, 1.82) is 0 Å². The summed E-state index contributed by atoms with van der Waals surface area (Å²) in [5.74, 6) is 0.0119. The van der Waals surface area contributed by atoms with Crippen molar-refractivity contribution in [3.05, 3.63) is 93.0 Å². The van der Waals surface area contributed by atoms with Gasteiger partial charge in [-0.05, 0) is 81.8 Å². The summed E-state index contributed by atoms with van der Waals surface area (Å²) in [5, 5.41) is 9.60. The minimum atomic E-state index is -4.08. The standard InChI is InChI=1S/C44H38ClF8N7O5S2/c1-4-66(62,63)58-42-36-31(45)13-12-28(39(36)59(57-42)20-33(48)49)27-11-8-25(14-15-43(2,3)67(64,65)26-9-10-26)54-37(27)32(18-22-16-23(46)19-24(47)17-22)55-34(61)21-60-40-35(38(56-60)41(50)51)29-6-5-7-30(29)44(40,52)53/h8,11-13,16-17,19,26,29-30,32-33,41H,4,7,9-10,18,20-21H2,1-3H3,(H,55,61)(H,57,58)/t29-,30+,32-/m0/s1. The second-order valence-corrected chi connectivity index (χ2v) is 22.0. The van der Waals surface area contributed by atoms with E-state index in [0.717, 1.165) is 16.8 Å². The number of aromatic nitrogens is 5. The fraction of sp³-hybridized carbons (Fsp3) is 0.409. The molecule has 3 aliphatic rings. The lowest BCUT2D eigenvalue weighted by atomic mass is 9.93. The van der Waals surface area contributed by atoms with E-state index in [1.807, 2.05) is 0 Å². The van der Waals surface area contributed by atoms with E-state index in [9.17, 15) is 48.0 Å². The Morgan fingerprint density at radius 1 is 0.985 bits per heavy atom. The number of benzene rings is 2. The average Bonchev–Trinajstić information content (AvgIpc) is 3.61. The Hall–Kier alpha value is -5.71. The zero-order valence-corrected chi connectivity index (χ0v) is 37.8. The predicted octanol–water partition coefficient (Wildman–Crippen LogP) is 8.21. The van der Waals surface area contributed by atoms with Crippen LogP contribution in [0.15, 0.2) is 42.5 Å². The highest BCUT2D eigenvalue weighted by molar-refractivity contribution is 7.94. The first-order valence-corrected chi connectivity index (χ1v) is 24.2. The number of rotatable bonds is 15. The molecule has 1 fully saturated rings. The molecule has 23 heteroatoms. The number of hydrogen-bond acceptors (Lipinski definition) is 8. The van der Waals surface area contributed by atoms with Gasteiger partial charge >= 0.3 is 0 Å². The van der Waals surface area contributed by atoms with Gasteiger partial charge in [-0.15, -0.1) is 5.92 Å². The van der Waals surface area contributed by atoms with Crippen molar-refractivity contribution in [3.8, 4) is 34.8 Å². The molecule has 2 aromatic carbocycles. The molecule has 12 nitrogen and oxygen atoms in total. The number of alkyl halides is 6. The van der Waals surface area contributed by atoms with E-state index in [0.29, 0.717) is 23.6 Å². The second kappa shape index (κ2) is 17.4. The largest absolute Gasteiger partial charge is 0.346 e. The second-order valence-electron chi connectivity index (χ2n) is 16.8. The Kier molecular flexibility index (Phi) is 12.4. The molecule has 0 aliphatic heterocycles. The summed E-state index contributed by atoms with van der Waals surface area (Å²) in [6.07, 6.45) is -6.31. The van der Waals surface area contributed by atoms with Crippen LogP contribution in [0.1, 0.15) is 92.3 Å². The number of pyridine rings is 1. The van der Waals surface area contributed by atoms with Crippen LogP contribution in [0.4, 0.5) is 40.9 Å². The average molecular weight is 996 g/mol. The van der Waals surface area contributed by atoms with E-state index in [1.165, 1.54) is 45.0 Å². The van der Waals surface area contributed by atoms with Crippen molar-refractivity contribution in [3.63, 3.8) is 0 Å². The molecular weight excluding hydrogens is 958 g/mol. The molecule has 1 amide bonds. The highest BCUT2D eigenvalue weighted by Gasteiger charge is 2.59. The predicted molar refractivity (Wildman–Crippen MR) is 231 cm³/mol. The number of carbonyl (C=O) groups is 1. The van der Waals surface area contributed by atoms with Gasteiger partial charge in [-0.1, -0.05) is 29.5 Å². The first kappa shape index (κ1) is 47.8. The number of halogens is 9. The lowest BCUT2D eigenvalue weighted by molar-refractivity contribution is -0.123. The van der Waals surface area contributed by atoms with Crippen LogP contribution in [0.2, 0.25) is 5.02 Å². The van der Waals surface area contributed by atoms with Gasteiger partial charge in [0, 0.05) is 29.2 Å². The number of hydrogen-bond donors (Lipinski definition) is 2. The molecule has 0 radical (unpaired) electrons. The van der Waals surface area contributed by atoms with Gasteiger partial charge in [-0.2, -0.15) is 19.0 Å². The summed E-state index contributed by atoms with van der Waals surface area (Å²) in [6.45, 7) is 1.95. The van der Waals surface area contributed by atoms with E-state index >= 15 is 8.78 Å². The van der Waals surface area contributed by atoms with Crippen LogP contribution in [-0.2, 0) is 50.1 Å². The van der Waals surface area contributed by atoms with Crippen molar-refractivity contribution < 1.29 is 56.8 Å². The van der Waals surface area contributed by atoms with Gasteiger partial charge in [0.15, 0.2) is 15.7 Å². The number of amides is 1. The smallest absolute Gasteiger partial charge is 0.294 e. The molecule has 8 rings (SSSR count). The lowest BCUT2D eigenvalue weighted by Gasteiger charge is -2.24. The van der Waals surface area contributed by atoms with Gasteiger partial charge < -0.3 is 5.32 Å². The minimum absolute atomic E-state index is 0.00317. The third kappa shape index (κ3) is 9.07. The maximum absolute atomic E-state index is 16.0.